The molecule has 0 bridgehead atoms. The third-order valence-corrected chi connectivity index (χ3v) is 4.09. The first kappa shape index (κ1) is 15.0. The second-order valence-corrected chi connectivity index (χ2v) is 5.73. The molecule has 3 rings (SSSR count). The van der Waals surface area contributed by atoms with Crippen molar-refractivity contribution in [1.29, 1.82) is 0 Å². The molecule has 0 saturated heterocycles. The Morgan fingerprint density at radius 2 is 2.00 bits per heavy atom. The molecule has 0 radical (unpaired) electrons. The maximum atomic E-state index is 10.5. The fourth-order valence-corrected chi connectivity index (χ4v) is 2.81. The van der Waals surface area contributed by atoms with Crippen LogP contribution in [0.25, 0.3) is 16.7 Å². The topological polar surface area (TPSA) is 50.9 Å². The van der Waals surface area contributed by atoms with Crippen molar-refractivity contribution in [3.8, 4) is 5.69 Å². The highest BCUT2D eigenvalue weighted by molar-refractivity contribution is 6.34. The summed E-state index contributed by atoms with van der Waals surface area (Å²) in [6.45, 7) is 2.12. The first-order valence-corrected chi connectivity index (χ1v) is 7.87. The summed E-state index contributed by atoms with van der Waals surface area (Å²) in [6.07, 6.45) is 2.27. The zero-order valence-corrected chi connectivity index (χ0v) is 13.2. The Morgan fingerprint density at radius 1 is 1.18 bits per heavy atom. The van der Waals surface area contributed by atoms with Crippen molar-refractivity contribution in [1.82, 2.24) is 15.0 Å². The monoisotopic (exact) mass is 315 g/mol. The van der Waals surface area contributed by atoms with E-state index in [1.165, 1.54) is 0 Å². The highest BCUT2D eigenvalue weighted by Gasteiger charge is 2.16. The molecule has 0 fully saturated rings. The standard InChI is InChI=1S/C17H18ClN3O/c1-2-3-11-16(22)12-7-4-5-9-14(12)21-15-10-6-8-13(18)17(15)19-20-21/h4-10,16,22H,2-3,11H2,1H3. The van der Waals surface area contributed by atoms with Gasteiger partial charge in [-0.25, -0.2) is 4.68 Å². The molecular formula is C17H18ClN3O. The van der Waals surface area contributed by atoms with Crippen LogP contribution in [-0.4, -0.2) is 20.1 Å². The lowest BCUT2D eigenvalue weighted by molar-refractivity contribution is 0.164. The summed E-state index contributed by atoms with van der Waals surface area (Å²) >= 11 is 6.16. The van der Waals surface area contributed by atoms with Gasteiger partial charge in [0.25, 0.3) is 0 Å². The number of nitrogens with zero attached hydrogens (tertiary/aromatic N) is 3. The van der Waals surface area contributed by atoms with Crippen LogP contribution in [-0.2, 0) is 0 Å². The molecule has 0 aliphatic carbocycles. The van der Waals surface area contributed by atoms with Gasteiger partial charge in [0.05, 0.1) is 22.3 Å². The number of aliphatic hydroxyl groups excluding tert-OH is 1. The molecule has 0 spiro atoms. The zero-order chi connectivity index (χ0) is 15.5. The average Bonchev–Trinajstić information content (AvgIpc) is 2.98. The van der Waals surface area contributed by atoms with Gasteiger partial charge in [-0.1, -0.05) is 60.8 Å². The molecule has 5 heteroatoms. The molecule has 0 aliphatic rings. The Balaban J connectivity index is 2.09. The number of hydrogen-bond donors (Lipinski definition) is 1. The van der Waals surface area contributed by atoms with E-state index in [4.69, 9.17) is 11.6 Å². The van der Waals surface area contributed by atoms with Gasteiger partial charge in [-0.15, -0.1) is 5.10 Å². The third kappa shape index (κ3) is 2.72. The highest BCUT2D eigenvalue weighted by atomic mass is 35.5. The van der Waals surface area contributed by atoms with Crippen LogP contribution in [0.5, 0.6) is 0 Å². The quantitative estimate of drug-likeness (QED) is 0.763. The fraction of sp³-hybridized carbons (Fsp3) is 0.294. The van der Waals surface area contributed by atoms with Crippen LogP contribution in [0, 0.1) is 0 Å². The molecule has 0 aliphatic heterocycles. The van der Waals surface area contributed by atoms with E-state index in [9.17, 15) is 5.11 Å². The summed E-state index contributed by atoms with van der Waals surface area (Å²) < 4.78 is 1.74. The lowest BCUT2D eigenvalue weighted by Gasteiger charge is -2.15. The Bertz CT molecular complexity index is 784. The van der Waals surface area contributed by atoms with Crippen LogP contribution in [0.4, 0.5) is 0 Å². The van der Waals surface area contributed by atoms with Crippen molar-refractivity contribution in [2.45, 2.75) is 32.3 Å². The van der Waals surface area contributed by atoms with Crippen molar-refractivity contribution in [3.63, 3.8) is 0 Å². The number of halogens is 1. The SMILES string of the molecule is CCCCC(O)c1ccccc1-n1nnc2c(Cl)cccc21. The molecule has 1 aromatic heterocycles. The van der Waals surface area contributed by atoms with Gasteiger partial charge < -0.3 is 5.11 Å². The van der Waals surface area contributed by atoms with E-state index >= 15 is 0 Å². The maximum Gasteiger partial charge on any atom is 0.132 e. The number of benzene rings is 2. The zero-order valence-electron chi connectivity index (χ0n) is 12.4. The number of hydrogen-bond acceptors (Lipinski definition) is 3. The van der Waals surface area contributed by atoms with Crippen molar-refractivity contribution in [2.24, 2.45) is 0 Å². The molecule has 0 saturated carbocycles. The minimum Gasteiger partial charge on any atom is -0.388 e. The molecule has 1 heterocycles. The Kier molecular flexibility index (Phi) is 4.41. The number of rotatable bonds is 5. The van der Waals surface area contributed by atoms with Crippen molar-refractivity contribution < 1.29 is 5.11 Å². The Morgan fingerprint density at radius 3 is 2.82 bits per heavy atom. The van der Waals surface area contributed by atoms with Crippen LogP contribution in [0.2, 0.25) is 5.02 Å². The maximum absolute atomic E-state index is 10.5. The van der Waals surface area contributed by atoms with Crippen molar-refractivity contribution in [2.75, 3.05) is 0 Å². The van der Waals surface area contributed by atoms with Gasteiger partial charge in [-0.2, -0.15) is 0 Å². The summed E-state index contributed by atoms with van der Waals surface area (Å²) in [5.74, 6) is 0. The van der Waals surface area contributed by atoms with Crippen LogP contribution in [0.1, 0.15) is 37.9 Å². The van der Waals surface area contributed by atoms with E-state index in [0.29, 0.717) is 10.5 Å². The average molecular weight is 316 g/mol. The van der Waals surface area contributed by atoms with Crippen LogP contribution in [0.3, 0.4) is 0 Å². The number of fused-ring (bicyclic) bond motifs is 1. The number of aliphatic hydroxyl groups is 1. The van der Waals surface area contributed by atoms with Gasteiger partial charge in [0.2, 0.25) is 0 Å². The van der Waals surface area contributed by atoms with E-state index in [1.807, 2.05) is 36.4 Å². The van der Waals surface area contributed by atoms with E-state index in [2.05, 4.69) is 17.2 Å². The molecule has 2 aromatic carbocycles. The van der Waals surface area contributed by atoms with Gasteiger partial charge in [-0.05, 0) is 24.6 Å². The predicted molar refractivity (Wildman–Crippen MR) is 88.4 cm³/mol. The minimum atomic E-state index is -0.505. The van der Waals surface area contributed by atoms with E-state index < -0.39 is 6.10 Å². The normalized spacial score (nSPS) is 12.7. The van der Waals surface area contributed by atoms with E-state index in [0.717, 1.165) is 36.0 Å². The molecule has 3 aromatic rings. The van der Waals surface area contributed by atoms with Gasteiger partial charge in [0.1, 0.15) is 5.52 Å². The van der Waals surface area contributed by atoms with Crippen LogP contribution in [0.15, 0.2) is 42.5 Å². The lowest BCUT2D eigenvalue weighted by atomic mass is 10.0. The number of para-hydroxylation sites is 1. The summed E-state index contributed by atoms with van der Waals surface area (Å²) in [7, 11) is 0. The first-order chi connectivity index (χ1) is 10.7. The first-order valence-electron chi connectivity index (χ1n) is 7.49. The van der Waals surface area contributed by atoms with Gasteiger partial charge >= 0.3 is 0 Å². The van der Waals surface area contributed by atoms with Crippen molar-refractivity contribution >= 4 is 22.6 Å². The minimum absolute atomic E-state index is 0.505. The molecule has 0 amide bonds. The molecule has 4 nitrogen and oxygen atoms in total. The lowest BCUT2D eigenvalue weighted by Crippen LogP contribution is -2.06. The fourth-order valence-electron chi connectivity index (χ4n) is 2.60. The largest absolute Gasteiger partial charge is 0.388 e. The Labute approximate surface area is 134 Å². The van der Waals surface area contributed by atoms with Crippen LogP contribution >= 0.6 is 11.6 Å². The molecule has 1 atom stereocenters. The van der Waals surface area contributed by atoms with Gasteiger partial charge in [0.15, 0.2) is 0 Å². The Hall–Kier alpha value is -1.91. The summed E-state index contributed by atoms with van der Waals surface area (Å²) in [5, 5.41) is 19.4. The van der Waals surface area contributed by atoms with E-state index in [-0.39, 0.29) is 0 Å². The van der Waals surface area contributed by atoms with Crippen molar-refractivity contribution in [3.05, 3.63) is 53.1 Å². The predicted octanol–water partition coefficient (Wildman–Crippen LogP) is 4.30. The molecule has 1 N–H and O–H groups in total. The smallest absolute Gasteiger partial charge is 0.132 e. The molecule has 22 heavy (non-hydrogen) atoms. The molecule has 114 valence electrons. The second-order valence-electron chi connectivity index (χ2n) is 5.33. The van der Waals surface area contributed by atoms with E-state index in [1.54, 1.807) is 10.7 Å². The summed E-state index contributed by atoms with van der Waals surface area (Å²) in [6, 6.07) is 13.3. The highest BCUT2D eigenvalue weighted by Crippen LogP contribution is 2.28. The summed E-state index contributed by atoms with van der Waals surface area (Å²) in [4.78, 5) is 0. The number of unbranched alkanes of at least 4 members (excludes halogenated alkanes) is 1. The second kappa shape index (κ2) is 6.46. The molecule has 1 unspecified atom stereocenters. The number of aromatic nitrogens is 3. The van der Waals surface area contributed by atoms with Crippen LogP contribution < -0.4 is 0 Å². The molecular weight excluding hydrogens is 298 g/mol. The third-order valence-electron chi connectivity index (χ3n) is 3.78. The van der Waals surface area contributed by atoms with Gasteiger partial charge in [-0.3, -0.25) is 0 Å². The van der Waals surface area contributed by atoms with Gasteiger partial charge in [0, 0.05) is 5.56 Å². The summed E-state index contributed by atoms with van der Waals surface area (Å²) in [5.41, 5.74) is 3.21.